The Kier molecular flexibility index (Phi) is 5.11. The first-order valence-corrected chi connectivity index (χ1v) is 7.86. The van der Waals surface area contributed by atoms with Crippen LogP contribution in [-0.2, 0) is 4.74 Å². The Labute approximate surface area is 136 Å². The lowest BCUT2D eigenvalue weighted by Gasteiger charge is -2.33. The largest absolute Gasteiger partial charge is 0.444 e. The molecule has 6 nitrogen and oxygen atoms in total. The number of likely N-dealkylation sites (tertiary alicyclic amines) is 1. The van der Waals surface area contributed by atoms with Crippen LogP contribution in [0.1, 0.15) is 39.2 Å². The van der Waals surface area contributed by atoms with E-state index in [4.69, 9.17) is 16.3 Å². The highest BCUT2D eigenvalue weighted by atomic mass is 35.5. The first kappa shape index (κ1) is 16.8. The molecule has 1 aliphatic heterocycles. The molecule has 0 aromatic carbocycles. The smallest absolute Gasteiger partial charge is 0.410 e. The lowest BCUT2D eigenvalue weighted by atomic mass is 10.1. The second-order valence-corrected chi connectivity index (χ2v) is 6.91. The summed E-state index contributed by atoms with van der Waals surface area (Å²) in [5.41, 5.74) is 0.394. The molecule has 2 rings (SSSR count). The number of amides is 1. The number of ether oxygens (including phenoxy) is 1. The van der Waals surface area contributed by atoms with Crippen LogP contribution in [-0.4, -0.2) is 45.7 Å². The van der Waals surface area contributed by atoms with Gasteiger partial charge in [0.05, 0.1) is 0 Å². The Balaban J connectivity index is 1.84. The fraction of sp³-hybridized carbons (Fsp3) is 0.667. The number of carbonyl (C=O) groups is 1. The summed E-state index contributed by atoms with van der Waals surface area (Å²) >= 11 is 6.00. The Hall–Kier alpha value is -1.56. The maximum Gasteiger partial charge on any atom is 0.410 e. The number of anilines is 1. The second-order valence-electron chi connectivity index (χ2n) is 6.55. The van der Waals surface area contributed by atoms with E-state index < -0.39 is 5.60 Å². The minimum atomic E-state index is -0.460. The molecule has 1 N–H and O–H groups in total. The van der Waals surface area contributed by atoms with Crippen molar-refractivity contribution in [1.82, 2.24) is 14.9 Å². The molecule has 2 heterocycles. The summed E-state index contributed by atoms with van der Waals surface area (Å²) in [6.07, 6.45) is 3.11. The number of piperidine rings is 1. The number of hydrogen-bond acceptors (Lipinski definition) is 5. The molecular weight excluding hydrogens is 304 g/mol. The van der Waals surface area contributed by atoms with Crippen LogP contribution in [0, 0.1) is 6.92 Å². The van der Waals surface area contributed by atoms with Gasteiger partial charge in [-0.1, -0.05) is 11.6 Å². The van der Waals surface area contributed by atoms with Crippen molar-refractivity contribution in [1.29, 1.82) is 0 Å². The van der Waals surface area contributed by atoms with Crippen molar-refractivity contribution < 1.29 is 9.53 Å². The molecule has 0 unspecified atom stereocenters. The van der Waals surface area contributed by atoms with Crippen molar-refractivity contribution >= 4 is 23.6 Å². The van der Waals surface area contributed by atoms with Gasteiger partial charge in [0.25, 0.3) is 0 Å². The molecule has 0 saturated carbocycles. The third kappa shape index (κ3) is 4.73. The summed E-state index contributed by atoms with van der Waals surface area (Å²) in [6.45, 7) is 8.80. The van der Waals surface area contributed by atoms with Gasteiger partial charge in [-0.25, -0.2) is 14.8 Å². The van der Waals surface area contributed by atoms with Crippen molar-refractivity contribution in [2.75, 3.05) is 18.4 Å². The van der Waals surface area contributed by atoms with E-state index in [1.807, 2.05) is 27.7 Å². The number of rotatable bonds is 2. The predicted molar refractivity (Wildman–Crippen MR) is 86.2 cm³/mol. The topological polar surface area (TPSA) is 67.4 Å². The lowest BCUT2D eigenvalue weighted by molar-refractivity contribution is 0.0210. The van der Waals surface area contributed by atoms with Gasteiger partial charge in [0, 0.05) is 30.9 Å². The van der Waals surface area contributed by atoms with Crippen LogP contribution in [0.25, 0.3) is 0 Å². The van der Waals surface area contributed by atoms with Crippen molar-refractivity contribution in [2.24, 2.45) is 0 Å². The average Bonchev–Trinajstić information content (AvgIpc) is 2.42. The summed E-state index contributed by atoms with van der Waals surface area (Å²) in [5, 5.41) is 3.73. The summed E-state index contributed by atoms with van der Waals surface area (Å²) in [4.78, 5) is 22.2. The molecule has 0 aliphatic carbocycles. The summed E-state index contributed by atoms with van der Waals surface area (Å²) in [5.74, 6) is 0.534. The molecule has 1 amide bonds. The van der Waals surface area contributed by atoms with Crippen molar-refractivity contribution in [3.8, 4) is 0 Å². The molecule has 22 heavy (non-hydrogen) atoms. The van der Waals surface area contributed by atoms with Crippen LogP contribution in [0.4, 0.5) is 10.7 Å². The van der Waals surface area contributed by atoms with Gasteiger partial charge in [-0.3, -0.25) is 0 Å². The first-order chi connectivity index (χ1) is 10.2. The highest BCUT2D eigenvalue weighted by Gasteiger charge is 2.27. The van der Waals surface area contributed by atoms with E-state index in [2.05, 4.69) is 15.3 Å². The Bertz CT molecular complexity index is 537. The van der Waals surface area contributed by atoms with Crippen molar-refractivity contribution in [2.45, 2.75) is 52.2 Å². The Morgan fingerprint density at radius 3 is 2.59 bits per heavy atom. The van der Waals surface area contributed by atoms with E-state index in [9.17, 15) is 4.79 Å². The summed E-state index contributed by atoms with van der Waals surface area (Å²) in [7, 11) is 0. The van der Waals surface area contributed by atoms with Gasteiger partial charge in [0.15, 0.2) is 0 Å². The van der Waals surface area contributed by atoms with Gasteiger partial charge in [0.2, 0.25) is 5.95 Å². The summed E-state index contributed by atoms with van der Waals surface area (Å²) in [6, 6.07) is 0.234. The standard InChI is InChI=1S/C15H23ClN4O2/c1-10-9-17-13(19-12(10)16)18-11-5-7-20(8-6-11)14(21)22-15(2,3)4/h9,11H,5-8H2,1-4H3,(H,17,18,19). The van der Waals surface area contributed by atoms with Crippen LogP contribution in [0.3, 0.4) is 0 Å². The van der Waals surface area contributed by atoms with Gasteiger partial charge in [-0.15, -0.1) is 0 Å². The number of nitrogens with zero attached hydrogens (tertiary/aromatic N) is 3. The van der Waals surface area contributed by atoms with Gasteiger partial charge in [-0.2, -0.15) is 0 Å². The van der Waals surface area contributed by atoms with Crippen LogP contribution in [0.5, 0.6) is 0 Å². The highest BCUT2D eigenvalue weighted by molar-refractivity contribution is 6.30. The number of carbonyl (C=O) groups excluding carboxylic acids is 1. The number of nitrogens with one attached hydrogen (secondary N) is 1. The SMILES string of the molecule is Cc1cnc(NC2CCN(C(=O)OC(C)(C)C)CC2)nc1Cl. The first-order valence-electron chi connectivity index (χ1n) is 7.48. The van der Waals surface area contributed by atoms with E-state index in [1.165, 1.54) is 0 Å². The Morgan fingerprint density at radius 2 is 2.05 bits per heavy atom. The monoisotopic (exact) mass is 326 g/mol. The quantitative estimate of drug-likeness (QED) is 0.845. The fourth-order valence-corrected chi connectivity index (χ4v) is 2.34. The van der Waals surface area contributed by atoms with Crippen LogP contribution in [0.2, 0.25) is 5.15 Å². The van der Waals surface area contributed by atoms with Gasteiger partial charge in [-0.05, 0) is 40.5 Å². The molecule has 122 valence electrons. The van der Waals surface area contributed by atoms with Gasteiger partial charge < -0.3 is 15.0 Å². The molecule has 1 aromatic heterocycles. The lowest BCUT2D eigenvalue weighted by Crippen LogP contribution is -2.44. The number of hydrogen-bond donors (Lipinski definition) is 1. The number of aromatic nitrogens is 2. The second kappa shape index (κ2) is 6.69. The molecular formula is C15H23ClN4O2. The van der Waals surface area contributed by atoms with Crippen LogP contribution in [0.15, 0.2) is 6.20 Å². The van der Waals surface area contributed by atoms with Crippen LogP contribution < -0.4 is 5.32 Å². The molecule has 0 spiro atoms. The van der Waals surface area contributed by atoms with Crippen molar-refractivity contribution in [3.63, 3.8) is 0 Å². The minimum absolute atomic E-state index is 0.234. The van der Waals surface area contributed by atoms with Crippen molar-refractivity contribution in [3.05, 3.63) is 16.9 Å². The minimum Gasteiger partial charge on any atom is -0.444 e. The van der Waals surface area contributed by atoms with E-state index in [0.29, 0.717) is 24.2 Å². The molecule has 1 fully saturated rings. The van der Waals surface area contributed by atoms with Gasteiger partial charge in [0.1, 0.15) is 10.8 Å². The van der Waals surface area contributed by atoms with E-state index in [-0.39, 0.29) is 12.1 Å². The zero-order valence-corrected chi connectivity index (χ0v) is 14.3. The van der Waals surface area contributed by atoms with Gasteiger partial charge >= 0.3 is 6.09 Å². The highest BCUT2D eigenvalue weighted by Crippen LogP contribution is 2.19. The third-order valence-corrected chi connectivity index (χ3v) is 3.77. The third-order valence-electron chi connectivity index (χ3n) is 3.39. The fourth-order valence-electron chi connectivity index (χ4n) is 2.21. The molecule has 0 atom stereocenters. The molecule has 0 bridgehead atoms. The molecule has 1 saturated heterocycles. The maximum atomic E-state index is 12.0. The normalized spacial score (nSPS) is 16.5. The van der Waals surface area contributed by atoms with Crippen LogP contribution >= 0.6 is 11.6 Å². The molecule has 0 radical (unpaired) electrons. The Morgan fingerprint density at radius 1 is 1.41 bits per heavy atom. The van der Waals surface area contributed by atoms with E-state index in [1.54, 1.807) is 11.1 Å². The molecule has 7 heteroatoms. The zero-order chi connectivity index (χ0) is 16.3. The van der Waals surface area contributed by atoms with E-state index >= 15 is 0 Å². The molecule has 1 aromatic rings. The molecule has 1 aliphatic rings. The zero-order valence-electron chi connectivity index (χ0n) is 13.5. The predicted octanol–water partition coefficient (Wildman–Crippen LogP) is 3.25. The average molecular weight is 327 g/mol. The number of aryl methyl sites for hydroxylation is 1. The van der Waals surface area contributed by atoms with E-state index in [0.717, 1.165) is 18.4 Å². The maximum absolute atomic E-state index is 12.0. The number of halogens is 1. The summed E-state index contributed by atoms with van der Waals surface area (Å²) < 4.78 is 5.38.